The summed E-state index contributed by atoms with van der Waals surface area (Å²) in [5, 5.41) is 5.55. The molecule has 1 aliphatic heterocycles. The Labute approximate surface area is 188 Å². The van der Waals surface area contributed by atoms with Gasteiger partial charge in [0.05, 0.1) is 0 Å². The van der Waals surface area contributed by atoms with E-state index in [1.807, 2.05) is 31.2 Å². The van der Waals surface area contributed by atoms with E-state index in [1.54, 1.807) is 48.5 Å². The van der Waals surface area contributed by atoms with Crippen LogP contribution in [0, 0.1) is 6.92 Å². The number of hydrogen-bond acceptors (Lipinski definition) is 4. The monoisotopic (exact) mass is 478 g/mol. The highest BCUT2D eigenvalue weighted by atomic mass is 79.9. The Morgan fingerprint density at radius 2 is 1.65 bits per heavy atom. The Morgan fingerprint density at radius 1 is 0.935 bits per heavy atom. The molecule has 0 radical (unpaired) electrons. The number of halogens is 1. The maximum atomic E-state index is 13.0. The summed E-state index contributed by atoms with van der Waals surface area (Å²) in [6, 6.07) is 19.6. The molecule has 3 aromatic rings. The highest BCUT2D eigenvalue weighted by Crippen LogP contribution is 2.33. The van der Waals surface area contributed by atoms with E-state index in [2.05, 4.69) is 26.6 Å². The Kier molecular flexibility index (Phi) is 6.04. The molecule has 1 aliphatic rings. The van der Waals surface area contributed by atoms with Crippen LogP contribution in [0.15, 0.2) is 76.9 Å². The normalized spacial score (nSPS) is 12.4. The van der Waals surface area contributed by atoms with Gasteiger partial charge in [-0.1, -0.05) is 39.7 Å². The third-order valence-electron chi connectivity index (χ3n) is 4.62. The Hall–Kier alpha value is -3.58. The fourth-order valence-corrected chi connectivity index (χ4v) is 3.22. The number of benzene rings is 3. The third kappa shape index (κ3) is 5.13. The molecule has 2 amide bonds. The number of aryl methyl sites for hydroxylation is 1. The molecule has 0 saturated carbocycles. The summed E-state index contributed by atoms with van der Waals surface area (Å²) in [6.07, 6.45) is 1.60. The molecule has 0 spiro atoms. The van der Waals surface area contributed by atoms with E-state index in [0.717, 1.165) is 10.0 Å². The molecule has 0 fully saturated rings. The van der Waals surface area contributed by atoms with E-state index >= 15 is 0 Å². The van der Waals surface area contributed by atoms with Crippen LogP contribution in [0.25, 0.3) is 6.08 Å². The van der Waals surface area contributed by atoms with Crippen LogP contribution < -0.4 is 20.1 Å². The fourth-order valence-electron chi connectivity index (χ4n) is 2.96. The van der Waals surface area contributed by atoms with Crippen molar-refractivity contribution in [2.45, 2.75) is 6.92 Å². The zero-order chi connectivity index (χ0) is 21.8. The lowest BCUT2D eigenvalue weighted by Gasteiger charge is -2.12. The highest BCUT2D eigenvalue weighted by molar-refractivity contribution is 9.10. The molecule has 3 aromatic carbocycles. The average molecular weight is 479 g/mol. The lowest BCUT2D eigenvalue weighted by molar-refractivity contribution is -0.113. The molecule has 31 heavy (non-hydrogen) atoms. The first kappa shape index (κ1) is 20.7. The molecule has 1 heterocycles. The average Bonchev–Trinajstić information content (AvgIpc) is 3.23. The minimum atomic E-state index is -0.438. The van der Waals surface area contributed by atoms with Crippen molar-refractivity contribution >= 4 is 39.5 Å². The van der Waals surface area contributed by atoms with Crippen molar-refractivity contribution in [2.24, 2.45) is 0 Å². The largest absolute Gasteiger partial charge is 0.454 e. The van der Waals surface area contributed by atoms with Gasteiger partial charge in [-0.3, -0.25) is 9.59 Å². The second-order valence-electron chi connectivity index (χ2n) is 6.95. The summed E-state index contributed by atoms with van der Waals surface area (Å²) in [4.78, 5) is 25.8. The van der Waals surface area contributed by atoms with Crippen molar-refractivity contribution in [1.29, 1.82) is 0 Å². The van der Waals surface area contributed by atoms with Gasteiger partial charge in [0.25, 0.3) is 11.8 Å². The molecule has 2 N–H and O–H groups in total. The number of ether oxygens (including phenoxy) is 2. The summed E-state index contributed by atoms with van der Waals surface area (Å²) in [6.45, 7) is 2.12. The van der Waals surface area contributed by atoms with Gasteiger partial charge in [-0.15, -0.1) is 0 Å². The molecular formula is C24H19BrN2O4. The topological polar surface area (TPSA) is 76.7 Å². The second kappa shape index (κ2) is 9.06. The van der Waals surface area contributed by atoms with Crippen LogP contribution in [0.3, 0.4) is 0 Å². The maximum absolute atomic E-state index is 13.0. The van der Waals surface area contributed by atoms with Crippen LogP contribution in [0.1, 0.15) is 21.5 Å². The number of amides is 2. The van der Waals surface area contributed by atoms with Gasteiger partial charge in [-0.2, -0.15) is 0 Å². The van der Waals surface area contributed by atoms with Gasteiger partial charge in [0.1, 0.15) is 5.70 Å². The van der Waals surface area contributed by atoms with E-state index in [9.17, 15) is 9.59 Å². The third-order valence-corrected chi connectivity index (χ3v) is 5.14. The number of nitrogens with one attached hydrogen (secondary N) is 2. The quantitative estimate of drug-likeness (QED) is 0.511. The van der Waals surface area contributed by atoms with E-state index in [-0.39, 0.29) is 12.5 Å². The van der Waals surface area contributed by atoms with Crippen molar-refractivity contribution < 1.29 is 19.1 Å². The highest BCUT2D eigenvalue weighted by Gasteiger charge is 2.17. The van der Waals surface area contributed by atoms with Gasteiger partial charge in [0, 0.05) is 15.7 Å². The molecule has 0 aromatic heterocycles. The molecule has 4 rings (SSSR count). The summed E-state index contributed by atoms with van der Waals surface area (Å²) in [7, 11) is 0. The number of carbonyl (C=O) groups is 2. The lowest BCUT2D eigenvalue weighted by Crippen LogP contribution is -2.30. The van der Waals surface area contributed by atoms with Crippen molar-refractivity contribution in [3.63, 3.8) is 0 Å². The van der Waals surface area contributed by atoms with Crippen LogP contribution in [0.4, 0.5) is 5.69 Å². The summed E-state index contributed by atoms with van der Waals surface area (Å²) < 4.78 is 11.6. The van der Waals surface area contributed by atoms with Crippen molar-refractivity contribution in [3.8, 4) is 11.5 Å². The number of rotatable bonds is 5. The standard InChI is InChI=1S/C24H19BrN2O4/c1-15-2-9-19(10-3-15)26-24(29)20(27-23(28)17-5-7-18(25)8-6-17)12-16-4-11-21-22(13-16)31-14-30-21/h2-13H,14H2,1H3,(H,26,29)(H,27,28). The van der Waals surface area contributed by atoms with Gasteiger partial charge >= 0.3 is 0 Å². The predicted molar refractivity (Wildman–Crippen MR) is 122 cm³/mol. The molecular weight excluding hydrogens is 460 g/mol. The predicted octanol–water partition coefficient (Wildman–Crippen LogP) is 4.90. The molecule has 7 heteroatoms. The zero-order valence-corrected chi connectivity index (χ0v) is 18.2. The smallest absolute Gasteiger partial charge is 0.272 e. The Balaban J connectivity index is 1.62. The minimum Gasteiger partial charge on any atom is -0.454 e. The summed E-state index contributed by atoms with van der Waals surface area (Å²) in [5.41, 5.74) is 2.94. The van der Waals surface area contributed by atoms with Crippen molar-refractivity contribution in [2.75, 3.05) is 12.1 Å². The van der Waals surface area contributed by atoms with Gasteiger partial charge in [-0.25, -0.2) is 0 Å². The first-order valence-electron chi connectivity index (χ1n) is 9.54. The zero-order valence-electron chi connectivity index (χ0n) is 16.6. The first-order chi connectivity index (χ1) is 15.0. The molecule has 0 bridgehead atoms. The Morgan fingerprint density at radius 3 is 2.39 bits per heavy atom. The Bertz CT molecular complexity index is 1160. The minimum absolute atomic E-state index is 0.104. The maximum Gasteiger partial charge on any atom is 0.272 e. The van der Waals surface area contributed by atoms with Gasteiger partial charge < -0.3 is 20.1 Å². The lowest BCUT2D eigenvalue weighted by atomic mass is 10.1. The van der Waals surface area contributed by atoms with Crippen LogP contribution >= 0.6 is 15.9 Å². The van der Waals surface area contributed by atoms with Crippen LogP contribution in [0.5, 0.6) is 11.5 Å². The number of anilines is 1. The van der Waals surface area contributed by atoms with Gasteiger partial charge in [0.2, 0.25) is 6.79 Å². The van der Waals surface area contributed by atoms with Crippen LogP contribution in [0.2, 0.25) is 0 Å². The number of fused-ring (bicyclic) bond motifs is 1. The second-order valence-corrected chi connectivity index (χ2v) is 7.87. The summed E-state index contributed by atoms with van der Waals surface area (Å²) >= 11 is 3.35. The van der Waals surface area contributed by atoms with Gasteiger partial charge in [-0.05, 0) is 67.1 Å². The first-order valence-corrected chi connectivity index (χ1v) is 10.3. The van der Waals surface area contributed by atoms with E-state index < -0.39 is 11.8 Å². The van der Waals surface area contributed by atoms with Crippen molar-refractivity contribution in [3.05, 3.63) is 93.6 Å². The molecule has 6 nitrogen and oxygen atoms in total. The molecule has 0 atom stereocenters. The molecule has 156 valence electrons. The number of hydrogen-bond donors (Lipinski definition) is 2. The van der Waals surface area contributed by atoms with E-state index in [4.69, 9.17) is 9.47 Å². The molecule has 0 aliphatic carbocycles. The SMILES string of the molecule is Cc1ccc(NC(=O)C(=Cc2ccc3c(c2)OCO3)NC(=O)c2ccc(Br)cc2)cc1. The van der Waals surface area contributed by atoms with Crippen LogP contribution in [-0.4, -0.2) is 18.6 Å². The number of carbonyl (C=O) groups excluding carboxylic acids is 2. The fraction of sp³-hybridized carbons (Fsp3) is 0.0833. The summed E-state index contributed by atoms with van der Waals surface area (Å²) in [5.74, 6) is 0.401. The van der Waals surface area contributed by atoms with E-state index in [1.165, 1.54) is 0 Å². The molecule has 0 unspecified atom stereocenters. The van der Waals surface area contributed by atoms with Crippen molar-refractivity contribution in [1.82, 2.24) is 5.32 Å². The van der Waals surface area contributed by atoms with E-state index in [0.29, 0.717) is 28.3 Å². The molecule has 0 saturated heterocycles. The van der Waals surface area contributed by atoms with Crippen LogP contribution in [-0.2, 0) is 4.79 Å². The van der Waals surface area contributed by atoms with Gasteiger partial charge in [0.15, 0.2) is 11.5 Å².